The Morgan fingerprint density at radius 2 is 1.81 bits per heavy atom. The molecule has 2 heterocycles. The van der Waals surface area contributed by atoms with Gasteiger partial charge in [0.05, 0.1) is 6.54 Å². The van der Waals surface area contributed by atoms with Crippen molar-refractivity contribution < 1.29 is 4.74 Å². The van der Waals surface area contributed by atoms with Crippen molar-refractivity contribution in [1.82, 2.24) is 10.2 Å². The molecule has 3 fully saturated rings. The number of ether oxygens (including phenoxy) is 1. The van der Waals surface area contributed by atoms with E-state index in [4.69, 9.17) is 9.73 Å². The molecule has 27 heavy (non-hydrogen) atoms. The predicted octanol–water partition coefficient (Wildman–Crippen LogP) is 3.97. The van der Waals surface area contributed by atoms with Gasteiger partial charge in [0.1, 0.15) is 0 Å². The third-order valence-corrected chi connectivity index (χ3v) is 7.10. The van der Waals surface area contributed by atoms with Gasteiger partial charge in [-0.05, 0) is 50.0 Å². The Bertz CT molecular complexity index is 630. The van der Waals surface area contributed by atoms with E-state index in [0.717, 1.165) is 51.6 Å². The number of likely N-dealkylation sites (tertiary alicyclic amines) is 1. The second kappa shape index (κ2) is 8.22. The van der Waals surface area contributed by atoms with E-state index in [9.17, 15) is 0 Å². The Morgan fingerprint density at radius 3 is 2.52 bits per heavy atom. The minimum atomic E-state index is 0.116. The molecule has 0 atom stereocenters. The summed E-state index contributed by atoms with van der Waals surface area (Å²) in [5, 5.41) is 3.58. The molecule has 0 radical (unpaired) electrons. The lowest BCUT2D eigenvalue weighted by molar-refractivity contribution is 0.0530. The van der Waals surface area contributed by atoms with E-state index < -0.39 is 0 Å². The summed E-state index contributed by atoms with van der Waals surface area (Å²) in [6.07, 6.45) is 9.11. The number of rotatable bonds is 4. The smallest absolute Gasteiger partial charge is 0.193 e. The molecule has 3 aliphatic rings. The Labute approximate surface area is 164 Å². The summed E-state index contributed by atoms with van der Waals surface area (Å²) in [4.78, 5) is 7.73. The van der Waals surface area contributed by atoms with Gasteiger partial charge in [-0.1, -0.05) is 43.2 Å². The van der Waals surface area contributed by atoms with Crippen LogP contribution >= 0.6 is 0 Å². The van der Waals surface area contributed by atoms with Crippen molar-refractivity contribution in [3.05, 3.63) is 35.9 Å². The van der Waals surface area contributed by atoms with Crippen LogP contribution in [0, 0.1) is 5.41 Å². The number of hydrogen-bond acceptors (Lipinski definition) is 2. The third kappa shape index (κ3) is 4.01. The average molecular weight is 370 g/mol. The Balaban J connectivity index is 1.53. The van der Waals surface area contributed by atoms with Crippen LogP contribution in [-0.2, 0) is 10.2 Å². The van der Waals surface area contributed by atoms with E-state index in [2.05, 4.69) is 47.5 Å². The van der Waals surface area contributed by atoms with Crippen LogP contribution < -0.4 is 5.32 Å². The van der Waals surface area contributed by atoms with Crippen molar-refractivity contribution in [3.8, 4) is 0 Å². The van der Waals surface area contributed by atoms with Crippen LogP contribution in [0.5, 0.6) is 0 Å². The zero-order valence-corrected chi connectivity index (χ0v) is 16.9. The highest BCUT2D eigenvalue weighted by Crippen LogP contribution is 2.45. The van der Waals surface area contributed by atoms with Crippen molar-refractivity contribution in [2.75, 3.05) is 39.4 Å². The maximum atomic E-state index is 5.69. The highest BCUT2D eigenvalue weighted by atomic mass is 16.5. The zero-order chi connectivity index (χ0) is 18.6. The van der Waals surface area contributed by atoms with Gasteiger partial charge in [-0.3, -0.25) is 4.99 Å². The summed E-state index contributed by atoms with van der Waals surface area (Å²) in [6.45, 7) is 8.00. The summed E-state index contributed by atoms with van der Waals surface area (Å²) in [7, 11) is 0. The predicted molar refractivity (Wildman–Crippen MR) is 111 cm³/mol. The Hall–Kier alpha value is -1.55. The molecular formula is C23H35N3O. The van der Waals surface area contributed by atoms with Gasteiger partial charge in [-0.25, -0.2) is 0 Å². The average Bonchev–Trinajstić information content (AvgIpc) is 3.36. The molecule has 1 aromatic carbocycles. The summed E-state index contributed by atoms with van der Waals surface area (Å²) >= 11 is 0. The lowest BCUT2D eigenvalue weighted by atomic mass is 9.74. The fourth-order valence-corrected chi connectivity index (χ4v) is 5.39. The molecule has 0 amide bonds. The number of aliphatic imine (C=N–C) groups is 1. The number of guanidine groups is 1. The molecule has 2 aliphatic heterocycles. The maximum absolute atomic E-state index is 5.69. The topological polar surface area (TPSA) is 36.9 Å². The number of benzene rings is 1. The molecule has 1 saturated carbocycles. The van der Waals surface area contributed by atoms with E-state index in [-0.39, 0.29) is 5.41 Å². The standard InChI is InChI=1S/C23H35N3O/c1-2-24-21(26-15-12-22(19-26)10-6-7-11-22)25-18-23(13-16-27-17-14-23)20-8-4-3-5-9-20/h3-5,8-9H,2,6-7,10-19H2,1H3,(H,24,25). The van der Waals surface area contributed by atoms with Crippen molar-refractivity contribution in [1.29, 1.82) is 0 Å². The first kappa shape index (κ1) is 18.8. The first-order chi connectivity index (χ1) is 13.3. The Kier molecular flexibility index (Phi) is 5.72. The van der Waals surface area contributed by atoms with Crippen molar-refractivity contribution in [2.45, 2.75) is 57.3 Å². The van der Waals surface area contributed by atoms with E-state index in [1.165, 1.54) is 44.2 Å². The molecule has 148 valence electrons. The fourth-order valence-electron chi connectivity index (χ4n) is 5.39. The molecule has 0 unspecified atom stereocenters. The molecular weight excluding hydrogens is 334 g/mol. The summed E-state index contributed by atoms with van der Waals surface area (Å²) in [5.41, 5.74) is 2.11. The van der Waals surface area contributed by atoms with Crippen LogP contribution in [0.15, 0.2) is 35.3 Å². The van der Waals surface area contributed by atoms with Crippen LogP contribution in [0.1, 0.15) is 57.4 Å². The molecule has 2 saturated heterocycles. The lowest BCUT2D eigenvalue weighted by Gasteiger charge is -2.37. The minimum Gasteiger partial charge on any atom is -0.381 e. The second-order valence-electron chi connectivity index (χ2n) is 8.81. The zero-order valence-electron chi connectivity index (χ0n) is 16.9. The van der Waals surface area contributed by atoms with Crippen LogP contribution in [0.25, 0.3) is 0 Å². The normalized spacial score (nSPS) is 24.5. The molecule has 1 aliphatic carbocycles. The highest BCUT2D eigenvalue weighted by Gasteiger charge is 2.41. The van der Waals surface area contributed by atoms with Gasteiger partial charge in [0.25, 0.3) is 0 Å². The van der Waals surface area contributed by atoms with Gasteiger partial charge in [0.2, 0.25) is 0 Å². The SMILES string of the molecule is CCNC(=NCC1(c2ccccc2)CCOCC1)N1CCC2(CCCC2)C1. The number of nitrogens with zero attached hydrogens (tertiary/aromatic N) is 2. The van der Waals surface area contributed by atoms with Gasteiger partial charge in [-0.2, -0.15) is 0 Å². The molecule has 1 N–H and O–H groups in total. The van der Waals surface area contributed by atoms with Crippen LogP contribution in [0.2, 0.25) is 0 Å². The summed E-state index contributed by atoms with van der Waals surface area (Å²) in [5.74, 6) is 1.13. The van der Waals surface area contributed by atoms with Gasteiger partial charge in [0.15, 0.2) is 5.96 Å². The van der Waals surface area contributed by atoms with E-state index in [1.807, 2.05) is 0 Å². The molecule has 1 aromatic rings. The summed E-state index contributed by atoms with van der Waals surface area (Å²) < 4.78 is 5.69. The third-order valence-electron chi connectivity index (χ3n) is 7.10. The quantitative estimate of drug-likeness (QED) is 0.645. The van der Waals surface area contributed by atoms with Crippen molar-refractivity contribution in [3.63, 3.8) is 0 Å². The molecule has 4 nitrogen and oxygen atoms in total. The largest absolute Gasteiger partial charge is 0.381 e. The molecule has 4 rings (SSSR count). The van der Waals surface area contributed by atoms with Crippen molar-refractivity contribution >= 4 is 5.96 Å². The van der Waals surface area contributed by atoms with E-state index in [0.29, 0.717) is 5.41 Å². The molecule has 0 bridgehead atoms. The Morgan fingerprint density at radius 1 is 1.07 bits per heavy atom. The number of hydrogen-bond donors (Lipinski definition) is 1. The van der Waals surface area contributed by atoms with Gasteiger partial charge in [-0.15, -0.1) is 0 Å². The molecule has 1 spiro atoms. The molecule has 4 heteroatoms. The fraction of sp³-hybridized carbons (Fsp3) is 0.696. The monoisotopic (exact) mass is 369 g/mol. The minimum absolute atomic E-state index is 0.116. The van der Waals surface area contributed by atoms with Crippen LogP contribution in [0.3, 0.4) is 0 Å². The lowest BCUT2D eigenvalue weighted by Crippen LogP contribution is -2.43. The molecule has 0 aromatic heterocycles. The van der Waals surface area contributed by atoms with Crippen LogP contribution in [0.4, 0.5) is 0 Å². The first-order valence-electron chi connectivity index (χ1n) is 10.9. The van der Waals surface area contributed by atoms with E-state index in [1.54, 1.807) is 0 Å². The second-order valence-corrected chi connectivity index (χ2v) is 8.81. The van der Waals surface area contributed by atoms with E-state index >= 15 is 0 Å². The number of nitrogens with one attached hydrogen (secondary N) is 1. The van der Waals surface area contributed by atoms with Crippen LogP contribution in [-0.4, -0.2) is 50.3 Å². The van der Waals surface area contributed by atoms with Gasteiger partial charge in [0, 0.05) is 38.3 Å². The van der Waals surface area contributed by atoms with Crippen molar-refractivity contribution in [2.24, 2.45) is 10.4 Å². The first-order valence-corrected chi connectivity index (χ1v) is 10.9. The summed E-state index contributed by atoms with van der Waals surface area (Å²) in [6, 6.07) is 11.0. The highest BCUT2D eigenvalue weighted by molar-refractivity contribution is 5.80. The maximum Gasteiger partial charge on any atom is 0.193 e. The van der Waals surface area contributed by atoms with Gasteiger partial charge >= 0.3 is 0 Å². The van der Waals surface area contributed by atoms with Gasteiger partial charge < -0.3 is 15.0 Å².